The number of urea groups is 1. The Labute approximate surface area is 117 Å². The number of nitrogens with one attached hydrogen (secondary N) is 1. The van der Waals surface area contributed by atoms with E-state index >= 15 is 0 Å². The highest BCUT2D eigenvalue weighted by molar-refractivity contribution is 9.10. The van der Waals surface area contributed by atoms with Crippen LogP contribution in [0.1, 0.15) is 10.4 Å². The molecular weight excluding hydrogens is 318 g/mol. The van der Waals surface area contributed by atoms with Crippen molar-refractivity contribution in [2.24, 2.45) is 5.73 Å². The van der Waals surface area contributed by atoms with Gasteiger partial charge >= 0.3 is 12.0 Å². The Morgan fingerprint density at radius 3 is 2.58 bits per heavy atom. The number of carbonyl (C=O) groups is 3. The molecule has 0 saturated heterocycles. The zero-order chi connectivity index (χ0) is 14.6. The van der Waals surface area contributed by atoms with Crippen molar-refractivity contribution in [2.75, 3.05) is 18.9 Å². The van der Waals surface area contributed by atoms with Gasteiger partial charge in [-0.2, -0.15) is 0 Å². The van der Waals surface area contributed by atoms with Crippen LogP contribution in [-0.4, -0.2) is 41.5 Å². The first-order valence-electron chi connectivity index (χ1n) is 5.14. The summed E-state index contributed by atoms with van der Waals surface area (Å²) in [4.78, 5) is 34.5. The van der Waals surface area contributed by atoms with Crippen molar-refractivity contribution >= 4 is 39.5 Å². The number of halogens is 1. The second-order valence-corrected chi connectivity index (χ2v) is 4.66. The third-order valence-electron chi connectivity index (χ3n) is 2.19. The summed E-state index contributed by atoms with van der Waals surface area (Å²) < 4.78 is 0.577. The van der Waals surface area contributed by atoms with Gasteiger partial charge in [-0.25, -0.2) is 9.59 Å². The number of amides is 3. The molecule has 1 aromatic carbocycles. The number of rotatable bonds is 4. The molecule has 0 atom stereocenters. The third kappa shape index (κ3) is 4.25. The van der Waals surface area contributed by atoms with Crippen LogP contribution in [0, 0.1) is 0 Å². The minimum absolute atomic E-state index is 0.0600. The second-order valence-electron chi connectivity index (χ2n) is 3.75. The van der Waals surface area contributed by atoms with Gasteiger partial charge in [0.1, 0.15) is 6.54 Å². The molecular formula is C11H12BrN3O4. The van der Waals surface area contributed by atoms with Gasteiger partial charge in [0.15, 0.2) is 0 Å². The number of carboxylic acid groups (broad SMARTS) is 1. The normalized spacial score (nSPS) is 9.79. The molecule has 0 aromatic heterocycles. The van der Waals surface area contributed by atoms with E-state index in [9.17, 15) is 14.4 Å². The topological polar surface area (TPSA) is 113 Å². The van der Waals surface area contributed by atoms with Crippen LogP contribution in [0.3, 0.4) is 0 Å². The molecule has 0 aliphatic carbocycles. The molecule has 102 valence electrons. The maximum Gasteiger partial charge on any atom is 0.337 e. The van der Waals surface area contributed by atoms with Gasteiger partial charge in [0.25, 0.3) is 0 Å². The number of hydrogen-bond acceptors (Lipinski definition) is 3. The van der Waals surface area contributed by atoms with Crippen LogP contribution < -0.4 is 11.1 Å². The minimum Gasteiger partial charge on any atom is -0.478 e. The van der Waals surface area contributed by atoms with Crippen LogP contribution in [0.25, 0.3) is 0 Å². The van der Waals surface area contributed by atoms with E-state index in [0.29, 0.717) is 4.47 Å². The molecule has 0 fully saturated rings. The van der Waals surface area contributed by atoms with Crippen molar-refractivity contribution in [2.45, 2.75) is 0 Å². The first kappa shape index (κ1) is 15.0. The number of aromatic carboxylic acids is 1. The van der Waals surface area contributed by atoms with E-state index in [0.717, 1.165) is 4.90 Å². The Hall–Kier alpha value is -2.09. The summed E-state index contributed by atoms with van der Waals surface area (Å²) in [6.07, 6.45) is 0. The monoisotopic (exact) mass is 329 g/mol. The molecule has 0 radical (unpaired) electrons. The van der Waals surface area contributed by atoms with Crippen molar-refractivity contribution in [3.8, 4) is 0 Å². The Kier molecular flexibility index (Phi) is 4.87. The Bertz CT molecular complexity index is 533. The van der Waals surface area contributed by atoms with E-state index in [1.165, 1.54) is 19.2 Å². The molecule has 19 heavy (non-hydrogen) atoms. The number of hydrogen-bond donors (Lipinski definition) is 3. The molecule has 3 amide bonds. The van der Waals surface area contributed by atoms with Crippen molar-refractivity contribution in [3.05, 3.63) is 28.2 Å². The van der Waals surface area contributed by atoms with Crippen LogP contribution in [0.4, 0.5) is 10.5 Å². The maximum atomic E-state index is 11.7. The molecule has 0 bridgehead atoms. The fourth-order valence-electron chi connectivity index (χ4n) is 1.32. The van der Waals surface area contributed by atoms with E-state index in [-0.39, 0.29) is 17.8 Å². The Morgan fingerprint density at radius 1 is 1.42 bits per heavy atom. The highest BCUT2D eigenvalue weighted by atomic mass is 79.9. The van der Waals surface area contributed by atoms with Crippen molar-refractivity contribution in [3.63, 3.8) is 0 Å². The minimum atomic E-state index is -1.17. The largest absolute Gasteiger partial charge is 0.478 e. The number of carbonyl (C=O) groups excluding carboxylic acids is 2. The standard InChI is InChI=1S/C11H12BrN3O4/c1-15(5-9(13)16)11(19)14-8-3-2-6(12)4-7(8)10(17)18/h2-4H,5H2,1H3,(H2,13,16)(H,14,19)(H,17,18). The van der Waals surface area contributed by atoms with Crippen molar-refractivity contribution in [1.29, 1.82) is 0 Å². The quantitative estimate of drug-likeness (QED) is 0.767. The molecule has 0 aliphatic rings. The van der Waals surface area contributed by atoms with Crippen LogP contribution in [0.15, 0.2) is 22.7 Å². The van der Waals surface area contributed by atoms with Crippen LogP contribution >= 0.6 is 15.9 Å². The summed E-state index contributed by atoms with van der Waals surface area (Å²) in [5, 5.41) is 11.4. The van der Waals surface area contributed by atoms with E-state index < -0.39 is 17.9 Å². The molecule has 0 spiro atoms. The predicted molar refractivity (Wildman–Crippen MR) is 71.9 cm³/mol. The molecule has 0 aliphatic heterocycles. The third-order valence-corrected chi connectivity index (χ3v) is 2.69. The van der Waals surface area contributed by atoms with Crippen LogP contribution in [-0.2, 0) is 4.79 Å². The highest BCUT2D eigenvalue weighted by Gasteiger charge is 2.16. The SMILES string of the molecule is CN(CC(N)=O)C(=O)Nc1ccc(Br)cc1C(=O)O. The first-order valence-corrected chi connectivity index (χ1v) is 5.94. The number of anilines is 1. The number of nitrogens with two attached hydrogens (primary N) is 1. The fraction of sp³-hybridized carbons (Fsp3) is 0.182. The van der Waals surface area contributed by atoms with E-state index in [1.807, 2.05) is 0 Å². The molecule has 1 rings (SSSR count). The number of primary amides is 1. The lowest BCUT2D eigenvalue weighted by atomic mass is 10.2. The number of carboxylic acids is 1. The van der Waals surface area contributed by atoms with Gasteiger partial charge in [0.05, 0.1) is 11.3 Å². The molecule has 4 N–H and O–H groups in total. The molecule has 8 heteroatoms. The number of benzene rings is 1. The Morgan fingerprint density at radius 2 is 2.05 bits per heavy atom. The van der Waals surface area contributed by atoms with E-state index in [1.54, 1.807) is 6.07 Å². The van der Waals surface area contributed by atoms with Crippen molar-refractivity contribution < 1.29 is 19.5 Å². The van der Waals surface area contributed by atoms with Gasteiger partial charge in [-0.3, -0.25) is 4.79 Å². The van der Waals surface area contributed by atoms with Crippen molar-refractivity contribution in [1.82, 2.24) is 4.90 Å². The Balaban J connectivity index is 2.90. The summed E-state index contributed by atoms with van der Waals surface area (Å²) >= 11 is 3.14. The summed E-state index contributed by atoms with van der Waals surface area (Å²) in [6.45, 7) is -0.259. The summed E-state index contributed by atoms with van der Waals surface area (Å²) in [6, 6.07) is 3.79. The smallest absolute Gasteiger partial charge is 0.337 e. The van der Waals surface area contributed by atoms with Gasteiger partial charge in [-0.15, -0.1) is 0 Å². The number of likely N-dealkylation sites (N-methyl/N-ethyl adjacent to an activating group) is 1. The van der Waals surface area contributed by atoms with Gasteiger partial charge in [-0.1, -0.05) is 15.9 Å². The molecule has 0 saturated carbocycles. The van der Waals surface area contributed by atoms with Crippen LogP contribution in [0.2, 0.25) is 0 Å². The summed E-state index contributed by atoms with van der Waals surface area (Å²) in [5.41, 5.74) is 5.04. The van der Waals surface area contributed by atoms with Crippen LogP contribution in [0.5, 0.6) is 0 Å². The molecule has 1 aromatic rings. The fourth-order valence-corrected chi connectivity index (χ4v) is 1.68. The average Bonchev–Trinajstić information content (AvgIpc) is 2.30. The zero-order valence-corrected chi connectivity index (χ0v) is 11.6. The number of nitrogens with zero attached hydrogens (tertiary/aromatic N) is 1. The second kappa shape index (κ2) is 6.19. The average molecular weight is 330 g/mol. The maximum absolute atomic E-state index is 11.7. The molecule has 0 unspecified atom stereocenters. The predicted octanol–water partition coefficient (Wildman–Crippen LogP) is 1.10. The molecule has 0 heterocycles. The lowest BCUT2D eigenvalue weighted by Gasteiger charge is -2.17. The highest BCUT2D eigenvalue weighted by Crippen LogP contribution is 2.21. The van der Waals surface area contributed by atoms with Gasteiger partial charge in [0, 0.05) is 11.5 Å². The first-order chi connectivity index (χ1) is 8.81. The van der Waals surface area contributed by atoms with E-state index in [2.05, 4.69) is 21.2 Å². The lowest BCUT2D eigenvalue weighted by molar-refractivity contribution is -0.118. The van der Waals surface area contributed by atoms with Gasteiger partial charge in [-0.05, 0) is 18.2 Å². The van der Waals surface area contributed by atoms with Gasteiger partial charge in [0.2, 0.25) is 5.91 Å². The molecule has 7 nitrogen and oxygen atoms in total. The van der Waals surface area contributed by atoms with Gasteiger partial charge < -0.3 is 21.1 Å². The zero-order valence-electron chi connectivity index (χ0n) is 10.0. The summed E-state index contributed by atoms with van der Waals surface area (Å²) in [5.74, 6) is -1.83. The lowest BCUT2D eigenvalue weighted by Crippen LogP contribution is -2.38. The van der Waals surface area contributed by atoms with E-state index in [4.69, 9.17) is 10.8 Å². The summed E-state index contributed by atoms with van der Waals surface area (Å²) in [7, 11) is 1.37.